The minimum absolute atomic E-state index is 0.00749. The van der Waals surface area contributed by atoms with Gasteiger partial charge in [0, 0.05) is 24.5 Å². The number of aromatic amines is 1. The molecule has 7 nitrogen and oxygen atoms in total. The van der Waals surface area contributed by atoms with Crippen molar-refractivity contribution < 1.29 is 9.21 Å². The molecule has 8 heteroatoms. The number of hydrogen-bond acceptors (Lipinski definition) is 6. The molecule has 34 heavy (non-hydrogen) atoms. The van der Waals surface area contributed by atoms with E-state index in [1.807, 2.05) is 11.3 Å². The second-order valence-electron chi connectivity index (χ2n) is 9.08. The van der Waals surface area contributed by atoms with Crippen molar-refractivity contribution in [1.82, 2.24) is 20.2 Å². The predicted molar refractivity (Wildman–Crippen MR) is 133 cm³/mol. The van der Waals surface area contributed by atoms with Gasteiger partial charge in [0.25, 0.3) is 11.5 Å². The molecule has 0 bridgehead atoms. The number of amides is 1. The maximum atomic E-state index is 13.2. The first-order valence-electron chi connectivity index (χ1n) is 11.6. The largest absolute Gasteiger partial charge is 0.442 e. The fourth-order valence-electron chi connectivity index (χ4n) is 4.70. The highest BCUT2D eigenvalue weighted by Crippen LogP contribution is 2.31. The van der Waals surface area contributed by atoms with Crippen LogP contribution in [0.25, 0.3) is 11.1 Å². The zero-order chi connectivity index (χ0) is 23.8. The third-order valence-corrected chi connectivity index (χ3v) is 7.64. The standard InChI is InChI=1S/C26H28N4O3S/c1-15(2)17-4-6-18(7-5-17)20(30-10-8-21-19(13-30)9-11-34-21)12-27-24(31)22-16(3)33-26-23(22)25(32)28-14-29-26/h4-7,9,11,14-15,20H,8,10,12-13H2,1-3H3,(H,27,31)(H,28,29,32). The predicted octanol–water partition coefficient (Wildman–Crippen LogP) is 4.54. The number of carbonyl (C=O) groups excluding carboxylic acids is 1. The van der Waals surface area contributed by atoms with Gasteiger partial charge in [0.05, 0.1) is 17.9 Å². The first kappa shape index (κ1) is 22.6. The van der Waals surface area contributed by atoms with Crippen LogP contribution >= 0.6 is 11.3 Å². The maximum absolute atomic E-state index is 13.2. The molecule has 4 heterocycles. The summed E-state index contributed by atoms with van der Waals surface area (Å²) in [6, 6.07) is 10.9. The summed E-state index contributed by atoms with van der Waals surface area (Å²) in [7, 11) is 0. The molecule has 0 fully saturated rings. The van der Waals surface area contributed by atoms with Crippen LogP contribution in [0, 0.1) is 6.92 Å². The highest BCUT2D eigenvalue weighted by atomic mass is 32.1. The second kappa shape index (κ2) is 9.19. The Morgan fingerprint density at radius 1 is 1.24 bits per heavy atom. The average Bonchev–Trinajstić information content (AvgIpc) is 3.43. The zero-order valence-electron chi connectivity index (χ0n) is 19.6. The fraction of sp³-hybridized carbons (Fsp3) is 0.346. The fourth-order valence-corrected chi connectivity index (χ4v) is 5.59. The lowest BCUT2D eigenvalue weighted by Crippen LogP contribution is -2.40. The van der Waals surface area contributed by atoms with Gasteiger partial charge < -0.3 is 14.7 Å². The Hall–Kier alpha value is -3.23. The molecular formula is C26H28N4O3S. The molecule has 0 radical (unpaired) electrons. The maximum Gasteiger partial charge on any atom is 0.262 e. The van der Waals surface area contributed by atoms with Crippen molar-refractivity contribution >= 4 is 28.3 Å². The summed E-state index contributed by atoms with van der Waals surface area (Å²) in [5.74, 6) is 0.516. The summed E-state index contributed by atoms with van der Waals surface area (Å²) in [4.78, 5) is 36.1. The van der Waals surface area contributed by atoms with Crippen molar-refractivity contribution in [3.63, 3.8) is 0 Å². The monoisotopic (exact) mass is 476 g/mol. The summed E-state index contributed by atoms with van der Waals surface area (Å²) < 4.78 is 5.57. The number of aryl methyl sites for hydroxylation is 1. The van der Waals surface area contributed by atoms with Gasteiger partial charge in [-0.3, -0.25) is 14.5 Å². The molecule has 176 valence electrons. The molecule has 0 aliphatic carbocycles. The molecule has 4 aromatic rings. The quantitative estimate of drug-likeness (QED) is 0.426. The van der Waals surface area contributed by atoms with Crippen molar-refractivity contribution in [1.29, 1.82) is 0 Å². The van der Waals surface area contributed by atoms with Gasteiger partial charge in [-0.05, 0) is 47.4 Å². The molecule has 1 amide bonds. The third kappa shape index (κ3) is 4.19. The van der Waals surface area contributed by atoms with Gasteiger partial charge >= 0.3 is 0 Å². The summed E-state index contributed by atoms with van der Waals surface area (Å²) in [5.41, 5.74) is 3.86. The highest BCUT2D eigenvalue weighted by Gasteiger charge is 2.28. The summed E-state index contributed by atoms with van der Waals surface area (Å²) in [6.45, 7) is 8.25. The van der Waals surface area contributed by atoms with Crippen molar-refractivity contribution in [2.45, 2.75) is 45.7 Å². The molecule has 0 saturated carbocycles. The minimum atomic E-state index is -0.381. The Bertz CT molecular complexity index is 1380. The Morgan fingerprint density at radius 2 is 2.00 bits per heavy atom. The number of nitrogens with zero attached hydrogens (tertiary/aromatic N) is 2. The van der Waals surface area contributed by atoms with Crippen LogP contribution in [0.15, 0.2) is 51.3 Å². The van der Waals surface area contributed by atoms with E-state index in [0.29, 0.717) is 18.2 Å². The van der Waals surface area contributed by atoms with Crippen LogP contribution in [-0.2, 0) is 13.0 Å². The van der Waals surface area contributed by atoms with E-state index in [9.17, 15) is 9.59 Å². The van der Waals surface area contributed by atoms with E-state index in [2.05, 4.69) is 69.7 Å². The van der Waals surface area contributed by atoms with Crippen LogP contribution < -0.4 is 10.9 Å². The molecule has 2 N–H and O–H groups in total. The van der Waals surface area contributed by atoms with Crippen LogP contribution in [0.4, 0.5) is 0 Å². The van der Waals surface area contributed by atoms with Gasteiger partial charge in [0.15, 0.2) is 0 Å². The lowest BCUT2D eigenvalue weighted by Gasteiger charge is -2.35. The first-order valence-corrected chi connectivity index (χ1v) is 12.4. The molecule has 1 unspecified atom stereocenters. The summed E-state index contributed by atoms with van der Waals surface area (Å²) >= 11 is 1.82. The normalized spacial score (nSPS) is 14.9. The molecule has 0 spiro atoms. The van der Waals surface area contributed by atoms with Crippen molar-refractivity contribution in [3.8, 4) is 0 Å². The smallest absolute Gasteiger partial charge is 0.262 e. The molecule has 1 atom stereocenters. The van der Waals surface area contributed by atoms with Crippen LogP contribution in [0.2, 0.25) is 0 Å². The number of nitrogens with one attached hydrogen (secondary N) is 2. The van der Waals surface area contributed by atoms with Gasteiger partial charge in [-0.25, -0.2) is 4.98 Å². The van der Waals surface area contributed by atoms with Crippen molar-refractivity contribution in [2.24, 2.45) is 0 Å². The van der Waals surface area contributed by atoms with Gasteiger partial charge in [0.2, 0.25) is 5.71 Å². The van der Waals surface area contributed by atoms with E-state index in [1.54, 1.807) is 6.92 Å². The number of H-pyrrole nitrogens is 1. The molecular weight excluding hydrogens is 448 g/mol. The average molecular weight is 477 g/mol. The Morgan fingerprint density at radius 3 is 2.76 bits per heavy atom. The first-order chi connectivity index (χ1) is 16.4. The number of furan rings is 1. The number of fused-ring (bicyclic) bond motifs is 2. The highest BCUT2D eigenvalue weighted by molar-refractivity contribution is 7.10. The molecule has 1 aliphatic heterocycles. The van der Waals surface area contributed by atoms with E-state index >= 15 is 0 Å². The van der Waals surface area contributed by atoms with Gasteiger partial charge in [-0.15, -0.1) is 11.3 Å². The molecule has 1 aromatic carbocycles. The van der Waals surface area contributed by atoms with Gasteiger partial charge in [0.1, 0.15) is 11.1 Å². The lowest BCUT2D eigenvalue weighted by molar-refractivity contribution is 0.0928. The number of benzene rings is 1. The Labute approximate surface area is 201 Å². The SMILES string of the molecule is Cc1oc2nc[nH]c(=O)c2c1C(=O)NCC(c1ccc(C(C)C)cc1)N1CCc2sccc2C1. The molecule has 1 aliphatic rings. The van der Waals surface area contributed by atoms with E-state index in [0.717, 1.165) is 25.1 Å². The minimum Gasteiger partial charge on any atom is -0.442 e. The second-order valence-corrected chi connectivity index (χ2v) is 10.1. The van der Waals surface area contributed by atoms with Crippen molar-refractivity contribution in [2.75, 3.05) is 13.1 Å². The Kier molecular flexibility index (Phi) is 6.10. The number of thiophene rings is 1. The zero-order valence-corrected chi connectivity index (χ0v) is 20.4. The summed E-state index contributed by atoms with van der Waals surface area (Å²) in [6.07, 6.45) is 2.29. The van der Waals surface area contributed by atoms with Gasteiger partial charge in [-0.2, -0.15) is 0 Å². The lowest BCUT2D eigenvalue weighted by atomic mass is 9.97. The molecule has 5 rings (SSSR count). The van der Waals surface area contributed by atoms with E-state index in [1.165, 1.54) is 22.3 Å². The number of aromatic nitrogens is 2. The van der Waals surface area contributed by atoms with Crippen molar-refractivity contribution in [3.05, 3.63) is 85.3 Å². The number of carbonyl (C=O) groups is 1. The van der Waals surface area contributed by atoms with E-state index in [-0.39, 0.29) is 34.2 Å². The van der Waals surface area contributed by atoms with E-state index in [4.69, 9.17) is 4.42 Å². The van der Waals surface area contributed by atoms with E-state index < -0.39 is 0 Å². The van der Waals surface area contributed by atoms with Crippen LogP contribution in [-0.4, -0.2) is 33.9 Å². The molecule has 0 saturated heterocycles. The topological polar surface area (TPSA) is 91.2 Å². The number of hydrogen-bond donors (Lipinski definition) is 2. The number of rotatable bonds is 6. The van der Waals surface area contributed by atoms with Crippen LogP contribution in [0.1, 0.15) is 63.5 Å². The third-order valence-electron chi connectivity index (χ3n) is 6.62. The molecule has 3 aromatic heterocycles. The van der Waals surface area contributed by atoms with Gasteiger partial charge in [-0.1, -0.05) is 38.1 Å². The van der Waals surface area contributed by atoms with Crippen LogP contribution in [0.5, 0.6) is 0 Å². The Balaban J connectivity index is 1.43. The van der Waals surface area contributed by atoms with Crippen LogP contribution in [0.3, 0.4) is 0 Å². The summed E-state index contributed by atoms with van der Waals surface area (Å²) in [5, 5.41) is 5.42.